The van der Waals surface area contributed by atoms with Crippen LogP contribution in [0, 0.1) is 5.92 Å². The molecule has 2 amide bonds. The van der Waals surface area contributed by atoms with E-state index in [4.69, 9.17) is 0 Å². The van der Waals surface area contributed by atoms with E-state index in [2.05, 4.69) is 206 Å². The first-order chi connectivity index (χ1) is 61.2. The molecule has 0 saturated heterocycles. The molecule has 0 bridgehead atoms. The highest BCUT2D eigenvalue weighted by Gasteiger charge is 2.35. The summed E-state index contributed by atoms with van der Waals surface area (Å²) in [6, 6.07) is 69.9. The van der Waals surface area contributed by atoms with E-state index in [9.17, 15) is 9.59 Å². The number of unbranched alkanes of at least 4 members (excludes halogenated alkanes) is 45. The van der Waals surface area contributed by atoms with E-state index in [1.165, 1.54) is 410 Å². The molecule has 0 radical (unpaired) electrons. The van der Waals surface area contributed by atoms with Gasteiger partial charge in [-0.15, -0.1) is 0 Å². The maximum atomic E-state index is 14.8. The van der Waals surface area contributed by atoms with E-state index >= 15 is 0 Å². The van der Waals surface area contributed by atoms with Crippen molar-refractivity contribution in [3.63, 3.8) is 0 Å². The monoisotopic (exact) mass is 1670 g/mol. The van der Waals surface area contributed by atoms with E-state index in [0.29, 0.717) is 17.7 Å². The lowest BCUT2D eigenvalue weighted by molar-refractivity contribution is 0.0580. The Morgan fingerprint density at radius 3 is 0.653 bits per heavy atom. The third-order valence-corrected chi connectivity index (χ3v) is 28.0. The zero-order valence-corrected chi connectivity index (χ0v) is 79.8. The largest absolute Gasteiger partial charge is 0.274 e. The molecule has 0 aromatic heterocycles. The molecule has 0 aliphatic carbocycles. The predicted octanol–water partition coefficient (Wildman–Crippen LogP) is 38.2. The molecular weight excluding hydrogens is 1500 g/mol. The zero-order valence-electron chi connectivity index (χ0n) is 79.8. The molecule has 1 atom stereocenters. The summed E-state index contributed by atoms with van der Waals surface area (Å²) < 4.78 is 0. The highest BCUT2D eigenvalue weighted by atomic mass is 16.2. The molecule has 1 unspecified atom stereocenters. The Morgan fingerprint density at radius 2 is 0.419 bits per heavy atom. The second kappa shape index (κ2) is 58.0. The van der Waals surface area contributed by atoms with E-state index in [0.717, 1.165) is 78.8 Å². The van der Waals surface area contributed by atoms with E-state index in [1.807, 2.05) is 18.2 Å². The lowest BCUT2D eigenvalue weighted by Gasteiger charge is -2.30. The number of amides is 2. The van der Waals surface area contributed by atoms with Crippen molar-refractivity contribution in [3.8, 4) is 77.9 Å². The number of aryl methyl sites for hydroxylation is 5. The molecule has 1 aliphatic heterocycles. The second-order valence-electron chi connectivity index (χ2n) is 38.1. The quantitative estimate of drug-likeness (QED) is 0.0281. The molecule has 1 heterocycles. The van der Waals surface area contributed by atoms with Crippen molar-refractivity contribution in [3.05, 3.63) is 215 Å². The van der Waals surface area contributed by atoms with Gasteiger partial charge in [0.05, 0.1) is 0 Å². The summed E-state index contributed by atoms with van der Waals surface area (Å²) in [7, 11) is 0. The van der Waals surface area contributed by atoms with Gasteiger partial charge in [-0.05, 0) is 200 Å². The van der Waals surface area contributed by atoms with E-state index in [1.54, 1.807) is 4.90 Å². The van der Waals surface area contributed by atoms with Gasteiger partial charge in [-0.1, -0.05) is 514 Å². The fourth-order valence-corrected chi connectivity index (χ4v) is 20.2. The van der Waals surface area contributed by atoms with Gasteiger partial charge in [-0.25, -0.2) is 0 Å². The number of carbonyl (C=O) groups excluding carboxylic acids is 2. The van der Waals surface area contributed by atoms with Gasteiger partial charge < -0.3 is 0 Å². The van der Waals surface area contributed by atoms with Crippen LogP contribution in [0.3, 0.4) is 0 Å². The first kappa shape index (κ1) is 98.6. The van der Waals surface area contributed by atoms with E-state index in [-0.39, 0.29) is 17.7 Å². The number of rotatable bonds is 67. The molecule has 670 valence electrons. The highest BCUT2D eigenvalue weighted by molar-refractivity contribution is 6.27. The zero-order chi connectivity index (χ0) is 86.8. The van der Waals surface area contributed by atoms with Crippen LogP contribution in [-0.2, 0) is 32.1 Å². The van der Waals surface area contributed by atoms with Gasteiger partial charge in [0.25, 0.3) is 11.8 Å². The van der Waals surface area contributed by atoms with Crippen LogP contribution in [0.5, 0.6) is 0 Å². The molecule has 3 heteroatoms. The smallest absolute Gasteiger partial charge is 0.261 e. The summed E-state index contributed by atoms with van der Waals surface area (Å²) in [6.45, 7) is 16.4. The maximum Gasteiger partial charge on any atom is 0.261 e. The van der Waals surface area contributed by atoms with Crippen molar-refractivity contribution in [2.75, 3.05) is 6.54 Å². The van der Waals surface area contributed by atoms with Crippen LogP contribution in [0.15, 0.2) is 176 Å². The molecule has 0 spiro atoms. The first-order valence-corrected chi connectivity index (χ1v) is 52.4. The molecule has 0 fully saturated rings. The van der Waals surface area contributed by atoms with Crippen LogP contribution < -0.4 is 0 Å². The van der Waals surface area contributed by atoms with Gasteiger partial charge in [0.1, 0.15) is 0 Å². The Kier molecular flexibility index (Phi) is 46.1. The summed E-state index contributed by atoms with van der Waals surface area (Å²) in [5, 5.41) is 1.72. The molecular formula is C121H169NO2. The molecule has 3 nitrogen and oxygen atoms in total. The van der Waals surface area contributed by atoms with Crippen molar-refractivity contribution in [1.29, 1.82) is 0 Å². The lowest BCUT2D eigenvalue weighted by atomic mass is 9.73. The third kappa shape index (κ3) is 31.4. The van der Waals surface area contributed by atoms with Gasteiger partial charge >= 0.3 is 0 Å². The Morgan fingerprint density at radius 1 is 0.210 bits per heavy atom. The normalized spacial score (nSPS) is 12.4. The van der Waals surface area contributed by atoms with Gasteiger partial charge in [-0.3, -0.25) is 14.5 Å². The maximum absolute atomic E-state index is 14.8. The van der Waals surface area contributed by atoms with Gasteiger partial charge in [0, 0.05) is 23.1 Å². The number of hydrogen-bond acceptors (Lipinski definition) is 2. The third-order valence-electron chi connectivity index (χ3n) is 28.0. The summed E-state index contributed by atoms with van der Waals surface area (Å²) in [5.41, 5.74) is 25.5. The number of carbonyl (C=O) groups is 2. The summed E-state index contributed by atoms with van der Waals surface area (Å²) in [6.07, 6.45) is 75.1. The Hall–Kier alpha value is -7.62. The topological polar surface area (TPSA) is 37.4 Å². The molecule has 124 heavy (non-hydrogen) atoms. The average Bonchev–Trinajstić information content (AvgIpc) is 0.709. The summed E-state index contributed by atoms with van der Waals surface area (Å²) in [5.74, 6) is -0.0824. The summed E-state index contributed by atoms with van der Waals surface area (Å²) in [4.78, 5) is 31.1. The predicted molar refractivity (Wildman–Crippen MR) is 544 cm³/mol. The van der Waals surface area contributed by atoms with Crippen LogP contribution in [-0.4, -0.2) is 23.3 Å². The minimum absolute atomic E-state index is 0.174. The molecule has 9 aromatic rings. The van der Waals surface area contributed by atoms with Crippen LogP contribution in [0.1, 0.15) is 437 Å². The Labute approximate surface area is 758 Å². The molecule has 1 aliphatic rings. The number of benzene rings is 9. The highest BCUT2D eigenvalue weighted by Crippen LogP contribution is 2.57. The SMILES string of the molecule is CCCCCCCCCCCCc1ccc(-c2c(-c3ccc(CCCCCCCCCCCC)cc3)c(-c3ccc(CCCCCCCCCCCC)cc3)c(-c3ccc(-c4ccc5c6c(cccc46)C(=O)N(CC(CC)CCC)C5=O)cc3)c(-c3ccc(CCCCCCCCCCCC)cc3)c2-c2ccc(CCCCCCCCCCCC)cc2)cc1. The van der Waals surface area contributed by atoms with Gasteiger partial charge in [0.15, 0.2) is 0 Å². The van der Waals surface area contributed by atoms with Crippen molar-refractivity contribution in [2.24, 2.45) is 5.92 Å². The minimum atomic E-state index is -0.174. The van der Waals surface area contributed by atoms with Crippen LogP contribution >= 0.6 is 0 Å². The fraction of sp³-hybridized carbons (Fsp3) is 0.554. The summed E-state index contributed by atoms with van der Waals surface area (Å²) >= 11 is 0. The fourth-order valence-electron chi connectivity index (χ4n) is 20.2. The van der Waals surface area contributed by atoms with Crippen molar-refractivity contribution >= 4 is 22.6 Å². The van der Waals surface area contributed by atoms with Crippen LogP contribution in [0.2, 0.25) is 0 Å². The van der Waals surface area contributed by atoms with E-state index < -0.39 is 0 Å². The minimum Gasteiger partial charge on any atom is -0.274 e. The molecule has 9 aromatic carbocycles. The van der Waals surface area contributed by atoms with Crippen LogP contribution in [0.4, 0.5) is 0 Å². The van der Waals surface area contributed by atoms with Crippen molar-refractivity contribution < 1.29 is 9.59 Å². The number of hydrogen-bond donors (Lipinski definition) is 0. The van der Waals surface area contributed by atoms with Crippen LogP contribution in [0.25, 0.3) is 88.7 Å². The molecule has 10 rings (SSSR count). The number of imide groups is 1. The molecule has 0 saturated carbocycles. The van der Waals surface area contributed by atoms with Gasteiger partial charge in [-0.2, -0.15) is 0 Å². The lowest BCUT2D eigenvalue weighted by Crippen LogP contribution is -2.43. The van der Waals surface area contributed by atoms with Crippen molar-refractivity contribution in [2.45, 2.75) is 421 Å². The molecule has 0 N–H and O–H groups in total. The van der Waals surface area contributed by atoms with Gasteiger partial charge in [0.2, 0.25) is 0 Å². The van der Waals surface area contributed by atoms with Crippen molar-refractivity contribution in [1.82, 2.24) is 4.90 Å². The average molecular weight is 1670 g/mol. The number of nitrogens with zero attached hydrogens (tertiary/aromatic N) is 1. The first-order valence-electron chi connectivity index (χ1n) is 52.4. The standard InChI is InChI=1S/C121H169NO2/c1-8-15-20-25-30-35-40-45-50-55-62-97-69-79-103(80-70-97)113-114(104-81-71-98(72-82-104)63-56-51-46-41-36-31-26-21-16-9-2)116(106-85-75-100(76-86-106)65-58-53-48-43-38-33-28-23-18-11-4)118(108-91-89-102(90-92-108)109-93-94-112-119-110(109)67-60-68-111(119)120(123)122(121(112)124)95-96(14-7)61-13-6)117(107-87-77-101(78-88-107)66-59-54-49-44-39-34-29-24-19-12-5)115(113)105-83-73-99(74-84-105)64-57-52-47-42-37-32-27-22-17-10-3/h60,67-94,96H,8-59,61-66,95H2,1-7H3. The Balaban J connectivity index is 1.16. The second-order valence-corrected chi connectivity index (χ2v) is 38.1. The Bertz CT molecular complexity index is 4240.